The number of H-pyrrole nitrogens is 2. The van der Waals surface area contributed by atoms with Gasteiger partial charge in [0.2, 0.25) is 11.8 Å². The summed E-state index contributed by atoms with van der Waals surface area (Å²) in [6, 6.07) is 18.1. The van der Waals surface area contributed by atoms with Crippen molar-refractivity contribution in [1.82, 2.24) is 35.1 Å². The molecule has 4 aliphatic heterocycles. The molecule has 4 saturated heterocycles. The summed E-state index contributed by atoms with van der Waals surface area (Å²) in [6.07, 6.45) is 4.75. The van der Waals surface area contributed by atoms with Gasteiger partial charge in [-0.15, -0.1) is 0 Å². The molecule has 316 valence electrons. The third-order valence-electron chi connectivity index (χ3n) is 13.9. The zero-order valence-electron chi connectivity index (χ0n) is 35.5. The topological polar surface area (TPSA) is 155 Å². The van der Waals surface area contributed by atoms with Crippen molar-refractivity contribution >= 4 is 39.7 Å². The lowest BCUT2D eigenvalue weighted by atomic mass is 9.80. The van der Waals surface area contributed by atoms with Crippen molar-refractivity contribution in [3.63, 3.8) is 0 Å². The van der Waals surface area contributed by atoms with E-state index in [0.717, 1.165) is 88.1 Å². The van der Waals surface area contributed by atoms with Crippen LogP contribution in [0.4, 0.5) is 4.79 Å². The zero-order chi connectivity index (χ0) is 41.9. The number of rotatable bonds is 9. The van der Waals surface area contributed by atoms with Crippen molar-refractivity contribution < 1.29 is 28.6 Å². The molecule has 3 aromatic carbocycles. The van der Waals surface area contributed by atoms with Gasteiger partial charge in [0, 0.05) is 35.8 Å². The van der Waals surface area contributed by atoms with Crippen LogP contribution < -0.4 is 5.32 Å². The summed E-state index contributed by atoms with van der Waals surface area (Å²) in [5, 5.41) is 4.91. The van der Waals surface area contributed by atoms with Crippen LogP contribution >= 0.6 is 0 Å². The van der Waals surface area contributed by atoms with Crippen molar-refractivity contribution in [3.05, 3.63) is 72.4 Å². The summed E-state index contributed by atoms with van der Waals surface area (Å²) in [5.41, 5.74) is 5.74. The Hall–Kier alpha value is -5.27. The Balaban J connectivity index is 0.958. The van der Waals surface area contributed by atoms with Crippen molar-refractivity contribution in [3.8, 4) is 22.4 Å². The SMILES string of the molecule is COC(=O)N[C@H](C(=O)N1C[C@]2(CCCOC2)C[C@H]1c1nc2ccc3cc(-c4ccc(-c5cnc([C@@H]6C[C@@H]7COC[C@@H]7N6C(=O)[C@@H](C)C(C)C)[nH]5)cc4)ccc3c2[nH]1)C(C)C. The normalized spacial score (nSPS) is 25.1. The Morgan fingerprint density at radius 2 is 1.67 bits per heavy atom. The van der Waals surface area contributed by atoms with Gasteiger partial charge in [-0.1, -0.05) is 77.1 Å². The highest BCUT2D eigenvalue weighted by molar-refractivity contribution is 6.05. The van der Waals surface area contributed by atoms with Crippen LogP contribution in [0.15, 0.2) is 60.8 Å². The van der Waals surface area contributed by atoms with Gasteiger partial charge in [0.05, 0.1) is 68.0 Å². The minimum atomic E-state index is -0.733. The molecule has 1 spiro atoms. The van der Waals surface area contributed by atoms with Crippen molar-refractivity contribution in [2.45, 2.75) is 84.5 Å². The molecule has 5 aromatic rings. The Bertz CT molecular complexity index is 2400. The first-order valence-corrected chi connectivity index (χ1v) is 21.6. The fraction of sp³-hybridized carbons (Fsp3) is 0.511. The Kier molecular flexibility index (Phi) is 10.7. The van der Waals surface area contributed by atoms with E-state index in [1.807, 2.05) is 37.9 Å². The highest BCUT2D eigenvalue weighted by Crippen LogP contribution is 2.48. The first-order chi connectivity index (χ1) is 28.9. The summed E-state index contributed by atoms with van der Waals surface area (Å²) >= 11 is 0. The fourth-order valence-corrected chi connectivity index (χ4v) is 10.1. The third-order valence-corrected chi connectivity index (χ3v) is 13.9. The van der Waals surface area contributed by atoms with Crippen LogP contribution in [0.1, 0.15) is 84.0 Å². The number of carbonyl (C=O) groups excluding carboxylic acids is 3. The average molecular weight is 816 g/mol. The highest BCUT2D eigenvalue weighted by Gasteiger charge is 2.51. The molecular weight excluding hydrogens is 759 g/mol. The Morgan fingerprint density at radius 1 is 0.883 bits per heavy atom. The molecule has 0 unspecified atom stereocenters. The number of ether oxygens (including phenoxy) is 3. The van der Waals surface area contributed by atoms with E-state index in [1.165, 1.54) is 7.11 Å². The first-order valence-electron chi connectivity index (χ1n) is 21.6. The zero-order valence-corrected chi connectivity index (χ0v) is 35.5. The van der Waals surface area contributed by atoms with Crippen LogP contribution in [0.25, 0.3) is 44.2 Å². The van der Waals surface area contributed by atoms with Crippen molar-refractivity contribution in [2.24, 2.45) is 29.1 Å². The maximum absolute atomic E-state index is 14.3. The van der Waals surface area contributed by atoms with Gasteiger partial charge >= 0.3 is 6.09 Å². The summed E-state index contributed by atoms with van der Waals surface area (Å²) in [6.45, 7) is 13.2. The summed E-state index contributed by atoms with van der Waals surface area (Å²) < 4.78 is 16.7. The van der Waals surface area contributed by atoms with Gasteiger partial charge in [-0.2, -0.15) is 0 Å². The number of fused-ring (bicyclic) bond motifs is 4. The van der Waals surface area contributed by atoms with Crippen molar-refractivity contribution in [1.29, 1.82) is 0 Å². The highest BCUT2D eigenvalue weighted by atomic mass is 16.5. The number of likely N-dealkylation sites (tertiary alicyclic amines) is 2. The lowest BCUT2D eigenvalue weighted by molar-refractivity contribution is -0.140. The van der Waals surface area contributed by atoms with Gasteiger partial charge in [0.1, 0.15) is 17.7 Å². The maximum atomic E-state index is 14.3. The molecule has 9 rings (SSSR count). The Labute approximate surface area is 350 Å². The largest absolute Gasteiger partial charge is 0.453 e. The fourth-order valence-electron chi connectivity index (χ4n) is 10.1. The maximum Gasteiger partial charge on any atom is 0.407 e. The van der Waals surface area contributed by atoms with E-state index in [4.69, 9.17) is 24.2 Å². The van der Waals surface area contributed by atoms with Gasteiger partial charge < -0.3 is 39.3 Å². The second-order valence-corrected chi connectivity index (χ2v) is 18.4. The predicted octanol–water partition coefficient (Wildman–Crippen LogP) is 7.80. The number of imidazole rings is 2. The van der Waals surface area contributed by atoms with Crippen LogP contribution in [0, 0.1) is 29.1 Å². The molecule has 0 saturated carbocycles. The predicted molar refractivity (Wildman–Crippen MR) is 229 cm³/mol. The van der Waals surface area contributed by atoms with Crippen molar-refractivity contribution in [2.75, 3.05) is 40.1 Å². The number of carbonyl (C=O) groups is 3. The van der Waals surface area contributed by atoms with E-state index in [9.17, 15) is 14.4 Å². The van der Waals surface area contributed by atoms with Crippen LogP contribution in [0.5, 0.6) is 0 Å². The van der Waals surface area contributed by atoms with E-state index in [0.29, 0.717) is 32.3 Å². The number of benzene rings is 3. The summed E-state index contributed by atoms with van der Waals surface area (Å²) in [5.74, 6) is 1.99. The van der Waals surface area contributed by atoms with E-state index >= 15 is 0 Å². The number of methoxy groups -OCH3 is 1. The van der Waals surface area contributed by atoms with Gasteiger partial charge in [0.25, 0.3) is 0 Å². The van der Waals surface area contributed by atoms with Gasteiger partial charge in [-0.3, -0.25) is 9.59 Å². The van der Waals surface area contributed by atoms with E-state index in [-0.39, 0.29) is 53.1 Å². The molecule has 0 aliphatic carbocycles. The number of hydrogen-bond acceptors (Lipinski definition) is 8. The van der Waals surface area contributed by atoms with E-state index in [1.54, 1.807) is 0 Å². The van der Waals surface area contributed by atoms with Crippen LogP contribution in [-0.4, -0.2) is 99.8 Å². The lowest BCUT2D eigenvalue weighted by Crippen LogP contribution is -2.51. The molecule has 6 heterocycles. The molecule has 4 aliphatic rings. The smallest absolute Gasteiger partial charge is 0.407 e. The molecule has 7 atom stereocenters. The number of amides is 3. The van der Waals surface area contributed by atoms with E-state index in [2.05, 4.69) is 82.6 Å². The van der Waals surface area contributed by atoms with E-state index < -0.39 is 12.1 Å². The van der Waals surface area contributed by atoms with Gasteiger partial charge in [-0.05, 0) is 71.7 Å². The minimum Gasteiger partial charge on any atom is -0.453 e. The quantitative estimate of drug-likeness (QED) is 0.136. The van der Waals surface area contributed by atoms with Gasteiger partial charge in [0.15, 0.2) is 0 Å². The summed E-state index contributed by atoms with van der Waals surface area (Å²) in [4.78, 5) is 61.4. The molecule has 4 fully saturated rings. The first kappa shape index (κ1) is 40.2. The van der Waals surface area contributed by atoms with Gasteiger partial charge in [-0.25, -0.2) is 14.8 Å². The summed E-state index contributed by atoms with van der Waals surface area (Å²) in [7, 11) is 1.31. The third kappa shape index (κ3) is 7.23. The number of aromatic nitrogens is 4. The second-order valence-electron chi connectivity index (χ2n) is 18.4. The number of nitrogens with zero attached hydrogens (tertiary/aromatic N) is 4. The number of hydrogen-bond donors (Lipinski definition) is 3. The number of alkyl carbamates (subject to hydrolysis) is 1. The van der Waals surface area contributed by atoms with Crippen LogP contribution in [0.3, 0.4) is 0 Å². The molecule has 13 nitrogen and oxygen atoms in total. The minimum absolute atomic E-state index is 0.0706. The number of nitrogens with one attached hydrogen (secondary N) is 3. The molecule has 0 bridgehead atoms. The molecule has 60 heavy (non-hydrogen) atoms. The average Bonchev–Trinajstić information content (AvgIpc) is 4.10. The van der Waals surface area contributed by atoms with Crippen LogP contribution in [-0.2, 0) is 23.8 Å². The molecular formula is C47H57N7O6. The standard InChI is InChI=1S/C47H57N7O6/c1-26(2)28(5)44(55)54-37(19-33-22-60-23-39(33)54)42-48-21-36(50-42)30-10-8-29(9-11-30)31-12-14-34-32(18-31)13-15-35-41(34)51-43(49-35)38-20-47(16-7-17-59-25-47)24-53(38)45(56)40(27(3)4)52-46(57)58-6/h8-15,18,21,26-28,33,37-40H,7,16-17,19-20,22-25H2,1-6H3,(H,48,50)(H,49,51)(H,52,57)/t28-,33+,37-,38-,39-,40-,47-/m0/s1. The monoisotopic (exact) mass is 815 g/mol. The second kappa shape index (κ2) is 16.0. The Morgan fingerprint density at radius 3 is 2.40 bits per heavy atom. The molecule has 13 heteroatoms. The van der Waals surface area contributed by atoms with Crippen LogP contribution in [0.2, 0.25) is 0 Å². The molecule has 3 N–H and O–H groups in total. The molecule has 2 aromatic heterocycles. The number of aromatic amines is 2. The lowest BCUT2D eigenvalue weighted by Gasteiger charge is -2.33. The molecule has 3 amide bonds. The molecule has 0 radical (unpaired) electrons.